The van der Waals surface area contributed by atoms with Crippen LogP contribution in [0.5, 0.6) is 0 Å². The highest BCUT2D eigenvalue weighted by Gasteiger charge is 2.24. The fourth-order valence-corrected chi connectivity index (χ4v) is 3.10. The highest BCUT2D eigenvalue weighted by atomic mass is 32.2. The fraction of sp³-hybridized carbons (Fsp3) is 0.500. The lowest BCUT2D eigenvalue weighted by atomic mass is 9.94. The first-order valence-corrected chi connectivity index (χ1v) is 8.48. The minimum absolute atomic E-state index is 0.0780. The number of piperidine rings is 1. The van der Waals surface area contributed by atoms with Crippen LogP contribution < -0.4 is 15.4 Å². The van der Waals surface area contributed by atoms with Crippen molar-refractivity contribution in [3.63, 3.8) is 0 Å². The number of carbonyl (C=O) groups is 1. The summed E-state index contributed by atoms with van der Waals surface area (Å²) in [7, 11) is -2.08. The Morgan fingerprint density at radius 2 is 1.95 bits per heavy atom. The average molecular weight is 311 g/mol. The summed E-state index contributed by atoms with van der Waals surface area (Å²) in [5.74, 6) is 0.455. The van der Waals surface area contributed by atoms with Crippen molar-refractivity contribution in [2.24, 2.45) is 5.92 Å². The van der Waals surface area contributed by atoms with Crippen molar-refractivity contribution in [2.75, 3.05) is 18.9 Å². The normalized spacial score (nSPS) is 22.8. The lowest BCUT2D eigenvalue weighted by Crippen LogP contribution is -2.45. The van der Waals surface area contributed by atoms with Crippen molar-refractivity contribution < 1.29 is 13.2 Å². The van der Waals surface area contributed by atoms with E-state index in [0.717, 1.165) is 19.4 Å². The highest BCUT2D eigenvalue weighted by Crippen LogP contribution is 2.18. The number of rotatable bonds is 4. The molecule has 0 aromatic heterocycles. The Bertz CT molecular complexity index is 598. The van der Waals surface area contributed by atoms with Gasteiger partial charge in [0.25, 0.3) is 0 Å². The Morgan fingerprint density at radius 1 is 1.29 bits per heavy atom. The van der Waals surface area contributed by atoms with Crippen molar-refractivity contribution in [3.05, 3.63) is 24.3 Å². The monoisotopic (exact) mass is 311 g/mol. The van der Waals surface area contributed by atoms with E-state index in [2.05, 4.69) is 22.3 Å². The number of hydrogen-bond donors (Lipinski definition) is 3. The second-order valence-electron chi connectivity index (χ2n) is 5.36. The summed E-state index contributed by atoms with van der Waals surface area (Å²) in [6.07, 6.45) is 1.90. The molecule has 21 heavy (non-hydrogen) atoms. The Balaban J connectivity index is 2.02. The van der Waals surface area contributed by atoms with Gasteiger partial charge in [-0.05, 0) is 56.6 Å². The number of carbonyl (C=O) groups excluding carboxylic acids is 1. The number of sulfonamides is 1. The van der Waals surface area contributed by atoms with Gasteiger partial charge in [-0.1, -0.05) is 6.92 Å². The number of amides is 1. The molecule has 1 amide bonds. The summed E-state index contributed by atoms with van der Waals surface area (Å²) in [6, 6.07) is 5.94. The third-order valence-electron chi connectivity index (χ3n) is 3.68. The Labute approximate surface area is 125 Å². The molecule has 1 saturated heterocycles. The van der Waals surface area contributed by atoms with Crippen molar-refractivity contribution >= 4 is 21.6 Å². The second kappa shape index (κ2) is 6.55. The van der Waals surface area contributed by atoms with Crippen LogP contribution in [-0.2, 0) is 14.8 Å². The van der Waals surface area contributed by atoms with E-state index in [0.29, 0.717) is 11.6 Å². The zero-order valence-electron chi connectivity index (χ0n) is 12.2. The topological polar surface area (TPSA) is 87.3 Å². The van der Waals surface area contributed by atoms with E-state index in [9.17, 15) is 13.2 Å². The molecular weight excluding hydrogens is 290 g/mol. The van der Waals surface area contributed by atoms with Gasteiger partial charge in [0.1, 0.15) is 0 Å². The van der Waals surface area contributed by atoms with Gasteiger partial charge in [-0.25, -0.2) is 13.1 Å². The molecule has 2 atom stereocenters. The van der Waals surface area contributed by atoms with Crippen LogP contribution >= 0.6 is 0 Å². The van der Waals surface area contributed by atoms with Gasteiger partial charge in [-0.15, -0.1) is 0 Å². The quantitative estimate of drug-likeness (QED) is 0.772. The standard InChI is InChI=1S/C14H21N3O3S/c1-10-7-8-16-13(9-10)14(18)17-11-3-5-12(6-4-11)21(19,20)15-2/h3-6,10,13,15-16H,7-9H2,1-2H3,(H,17,18). The van der Waals surface area contributed by atoms with Gasteiger partial charge in [0.05, 0.1) is 10.9 Å². The van der Waals surface area contributed by atoms with Gasteiger partial charge in [0.15, 0.2) is 0 Å². The summed E-state index contributed by atoms with van der Waals surface area (Å²) in [6.45, 7) is 2.98. The third kappa shape index (κ3) is 4.03. The Hall–Kier alpha value is -1.44. The van der Waals surface area contributed by atoms with E-state index in [1.165, 1.54) is 19.2 Å². The van der Waals surface area contributed by atoms with Crippen LogP contribution in [0, 0.1) is 5.92 Å². The van der Waals surface area contributed by atoms with Crippen molar-refractivity contribution in [2.45, 2.75) is 30.7 Å². The molecular formula is C14H21N3O3S. The van der Waals surface area contributed by atoms with E-state index in [-0.39, 0.29) is 16.8 Å². The SMILES string of the molecule is CNS(=O)(=O)c1ccc(NC(=O)C2CC(C)CCN2)cc1. The van der Waals surface area contributed by atoms with Crippen molar-refractivity contribution in [3.8, 4) is 0 Å². The number of hydrogen-bond acceptors (Lipinski definition) is 4. The van der Waals surface area contributed by atoms with Gasteiger partial charge >= 0.3 is 0 Å². The molecule has 3 N–H and O–H groups in total. The molecule has 1 aliphatic heterocycles. The molecule has 0 bridgehead atoms. The van der Waals surface area contributed by atoms with E-state index in [1.54, 1.807) is 12.1 Å². The van der Waals surface area contributed by atoms with Crippen LogP contribution in [0.3, 0.4) is 0 Å². The maximum atomic E-state index is 12.1. The smallest absolute Gasteiger partial charge is 0.241 e. The first-order chi connectivity index (χ1) is 9.92. The van der Waals surface area contributed by atoms with Crippen molar-refractivity contribution in [1.29, 1.82) is 0 Å². The summed E-state index contributed by atoms with van der Waals surface area (Å²) < 4.78 is 25.5. The maximum Gasteiger partial charge on any atom is 0.241 e. The minimum atomic E-state index is -3.45. The van der Waals surface area contributed by atoms with Gasteiger partial charge in [-0.2, -0.15) is 0 Å². The average Bonchev–Trinajstić information content (AvgIpc) is 2.48. The van der Waals surface area contributed by atoms with Gasteiger partial charge in [-0.3, -0.25) is 4.79 Å². The summed E-state index contributed by atoms with van der Waals surface area (Å²) in [5.41, 5.74) is 0.593. The molecule has 1 heterocycles. The molecule has 0 radical (unpaired) electrons. The molecule has 2 unspecified atom stereocenters. The van der Waals surface area contributed by atoms with Crippen LogP contribution in [0.4, 0.5) is 5.69 Å². The molecule has 0 aliphatic carbocycles. The molecule has 0 saturated carbocycles. The molecule has 0 spiro atoms. The van der Waals surface area contributed by atoms with Crippen LogP contribution in [0.1, 0.15) is 19.8 Å². The zero-order chi connectivity index (χ0) is 15.5. The van der Waals surface area contributed by atoms with Crippen molar-refractivity contribution in [1.82, 2.24) is 10.0 Å². The summed E-state index contributed by atoms with van der Waals surface area (Å²) >= 11 is 0. The number of benzene rings is 1. The highest BCUT2D eigenvalue weighted by molar-refractivity contribution is 7.89. The molecule has 1 aliphatic rings. The van der Waals surface area contributed by atoms with Gasteiger partial charge in [0, 0.05) is 5.69 Å². The summed E-state index contributed by atoms with van der Waals surface area (Å²) in [4.78, 5) is 12.3. The predicted molar refractivity (Wildman–Crippen MR) is 81.5 cm³/mol. The molecule has 1 aromatic carbocycles. The Morgan fingerprint density at radius 3 is 2.52 bits per heavy atom. The van der Waals surface area contributed by atoms with Crippen LogP contribution in [0.25, 0.3) is 0 Å². The maximum absolute atomic E-state index is 12.1. The predicted octanol–water partition coefficient (Wildman–Crippen LogP) is 0.921. The van der Waals surface area contributed by atoms with E-state index >= 15 is 0 Å². The molecule has 6 nitrogen and oxygen atoms in total. The number of anilines is 1. The molecule has 2 rings (SSSR count). The molecule has 1 aromatic rings. The molecule has 116 valence electrons. The van der Waals surface area contributed by atoms with E-state index < -0.39 is 10.0 Å². The van der Waals surface area contributed by atoms with Crippen LogP contribution in [0.15, 0.2) is 29.2 Å². The summed E-state index contributed by atoms with van der Waals surface area (Å²) in [5, 5.41) is 6.01. The van der Waals surface area contributed by atoms with E-state index in [1.807, 2.05) is 0 Å². The third-order valence-corrected chi connectivity index (χ3v) is 5.11. The lowest BCUT2D eigenvalue weighted by Gasteiger charge is -2.27. The first-order valence-electron chi connectivity index (χ1n) is 7.00. The second-order valence-corrected chi connectivity index (χ2v) is 7.24. The fourth-order valence-electron chi connectivity index (χ4n) is 2.37. The first kappa shape index (κ1) is 15.9. The van der Waals surface area contributed by atoms with Gasteiger partial charge in [0.2, 0.25) is 15.9 Å². The van der Waals surface area contributed by atoms with Gasteiger partial charge < -0.3 is 10.6 Å². The number of nitrogens with one attached hydrogen (secondary N) is 3. The lowest BCUT2D eigenvalue weighted by molar-refractivity contribution is -0.119. The van der Waals surface area contributed by atoms with Crippen LogP contribution in [0.2, 0.25) is 0 Å². The minimum Gasteiger partial charge on any atom is -0.325 e. The molecule has 1 fully saturated rings. The molecule has 7 heteroatoms. The Kier molecular flexibility index (Phi) is 4.97. The van der Waals surface area contributed by atoms with E-state index in [4.69, 9.17) is 0 Å². The van der Waals surface area contributed by atoms with Crippen LogP contribution in [-0.4, -0.2) is 34.0 Å². The largest absolute Gasteiger partial charge is 0.325 e. The zero-order valence-corrected chi connectivity index (χ0v) is 13.0.